The molecule has 4 nitrogen and oxygen atoms in total. The molecule has 0 aromatic heterocycles. The van der Waals surface area contributed by atoms with Gasteiger partial charge in [0.25, 0.3) is 0 Å². The molecule has 1 saturated heterocycles. The summed E-state index contributed by atoms with van der Waals surface area (Å²) in [7, 11) is -4.08. The van der Waals surface area contributed by atoms with Crippen molar-refractivity contribution in [2.45, 2.75) is 25.7 Å². The average Bonchev–Trinajstić information content (AvgIpc) is 2.17. The minimum Gasteiger partial charge on any atom is -0.748 e. The van der Waals surface area contributed by atoms with Crippen LogP contribution in [0.25, 0.3) is 0 Å². The summed E-state index contributed by atoms with van der Waals surface area (Å²) in [6.45, 7) is 3.40. The van der Waals surface area contributed by atoms with Gasteiger partial charge in [-0.15, -0.1) is 6.42 Å². The van der Waals surface area contributed by atoms with Gasteiger partial charge in [0.1, 0.15) is 6.54 Å². The molecule has 1 fully saturated rings. The molecule has 0 aliphatic carbocycles. The van der Waals surface area contributed by atoms with E-state index < -0.39 is 10.1 Å². The Balaban J connectivity index is 2.48. The van der Waals surface area contributed by atoms with Crippen molar-refractivity contribution in [2.24, 2.45) is 0 Å². The van der Waals surface area contributed by atoms with Crippen molar-refractivity contribution >= 4 is 10.1 Å². The van der Waals surface area contributed by atoms with E-state index in [0.717, 1.165) is 30.4 Å². The molecular formula is C11H19NO3S. The van der Waals surface area contributed by atoms with Crippen LogP contribution < -0.4 is 0 Å². The van der Waals surface area contributed by atoms with Crippen LogP contribution in [0.3, 0.4) is 0 Å². The van der Waals surface area contributed by atoms with Gasteiger partial charge in [-0.3, -0.25) is 0 Å². The summed E-state index contributed by atoms with van der Waals surface area (Å²) in [5.74, 6) is 2.40. The molecule has 1 rings (SSSR count). The average molecular weight is 245 g/mol. The zero-order valence-electron chi connectivity index (χ0n) is 9.52. The van der Waals surface area contributed by atoms with Crippen molar-refractivity contribution in [3.8, 4) is 12.3 Å². The predicted octanol–water partition coefficient (Wildman–Crippen LogP) is 0.556. The number of hydrogen-bond acceptors (Lipinski definition) is 3. The molecule has 1 aliphatic heterocycles. The topological polar surface area (TPSA) is 57.2 Å². The number of quaternary nitrogens is 1. The first-order chi connectivity index (χ1) is 7.47. The lowest BCUT2D eigenvalue weighted by Crippen LogP contribution is -2.52. The molecule has 92 valence electrons. The maximum absolute atomic E-state index is 10.5. The van der Waals surface area contributed by atoms with Gasteiger partial charge in [0.05, 0.1) is 29.8 Å². The molecule has 0 spiro atoms. The molecule has 0 saturated carbocycles. The third kappa shape index (κ3) is 4.52. The number of nitrogens with zero attached hydrogens (tertiary/aromatic N) is 1. The van der Waals surface area contributed by atoms with Crippen LogP contribution in [-0.4, -0.2) is 49.4 Å². The fourth-order valence-corrected chi connectivity index (χ4v) is 2.90. The number of terminal acetylenes is 1. The predicted molar refractivity (Wildman–Crippen MR) is 61.6 cm³/mol. The molecule has 0 aromatic carbocycles. The summed E-state index contributed by atoms with van der Waals surface area (Å²) in [5, 5.41) is 0. The summed E-state index contributed by atoms with van der Waals surface area (Å²) in [5.41, 5.74) is 0. The van der Waals surface area contributed by atoms with Crippen molar-refractivity contribution < 1.29 is 17.5 Å². The van der Waals surface area contributed by atoms with E-state index in [9.17, 15) is 13.0 Å². The molecule has 1 aliphatic rings. The van der Waals surface area contributed by atoms with E-state index in [0.29, 0.717) is 19.5 Å². The molecule has 16 heavy (non-hydrogen) atoms. The Morgan fingerprint density at radius 3 is 2.38 bits per heavy atom. The van der Waals surface area contributed by atoms with Crippen molar-refractivity contribution in [2.75, 3.05) is 31.9 Å². The Labute approximate surface area is 98.0 Å². The fourth-order valence-electron chi connectivity index (χ4n) is 2.41. The van der Waals surface area contributed by atoms with E-state index in [-0.39, 0.29) is 5.75 Å². The first kappa shape index (κ1) is 13.5. The summed E-state index contributed by atoms with van der Waals surface area (Å²) in [6.07, 6.45) is 9.30. The summed E-state index contributed by atoms with van der Waals surface area (Å²) < 4.78 is 32.4. The van der Waals surface area contributed by atoms with Gasteiger partial charge in [0, 0.05) is 12.2 Å². The van der Waals surface area contributed by atoms with Crippen molar-refractivity contribution in [1.29, 1.82) is 0 Å². The Bertz CT molecular complexity index is 350. The van der Waals surface area contributed by atoms with Gasteiger partial charge in [-0.1, -0.05) is 0 Å². The normalized spacial score (nSPS) is 20.2. The highest BCUT2D eigenvalue weighted by atomic mass is 32.2. The van der Waals surface area contributed by atoms with Gasteiger partial charge in [-0.25, -0.2) is 8.42 Å². The first-order valence-corrected chi connectivity index (χ1v) is 7.27. The lowest BCUT2D eigenvalue weighted by atomic mass is 10.1. The smallest absolute Gasteiger partial charge is 0.140 e. The molecule has 0 radical (unpaired) electrons. The second kappa shape index (κ2) is 5.67. The van der Waals surface area contributed by atoms with Crippen LogP contribution in [0.2, 0.25) is 0 Å². The lowest BCUT2D eigenvalue weighted by molar-refractivity contribution is -0.925. The summed E-state index contributed by atoms with van der Waals surface area (Å²) in [4.78, 5) is 0. The monoisotopic (exact) mass is 245 g/mol. The highest BCUT2D eigenvalue weighted by Crippen LogP contribution is 2.19. The molecule has 0 amide bonds. The maximum Gasteiger partial charge on any atom is 0.140 e. The molecule has 0 unspecified atom stereocenters. The zero-order chi connectivity index (χ0) is 12.1. The van der Waals surface area contributed by atoms with E-state index in [1.807, 2.05) is 0 Å². The molecular weight excluding hydrogens is 226 g/mol. The van der Waals surface area contributed by atoms with E-state index in [1.54, 1.807) is 0 Å². The van der Waals surface area contributed by atoms with E-state index in [1.165, 1.54) is 6.42 Å². The minimum atomic E-state index is -4.08. The second-order valence-corrected chi connectivity index (χ2v) is 6.07. The highest BCUT2D eigenvalue weighted by Gasteiger charge is 2.28. The third-order valence-corrected chi connectivity index (χ3v) is 4.01. The van der Waals surface area contributed by atoms with Crippen LogP contribution in [0.4, 0.5) is 0 Å². The number of likely N-dealkylation sites (tertiary alicyclic amines) is 1. The van der Waals surface area contributed by atoms with Gasteiger partial charge in [0.2, 0.25) is 0 Å². The minimum absolute atomic E-state index is 0.266. The summed E-state index contributed by atoms with van der Waals surface area (Å²) in [6, 6.07) is 0. The van der Waals surface area contributed by atoms with Crippen LogP contribution in [-0.2, 0) is 10.1 Å². The molecule has 0 bridgehead atoms. The van der Waals surface area contributed by atoms with Crippen LogP contribution in [0.5, 0.6) is 0 Å². The molecule has 1 heterocycles. The zero-order valence-corrected chi connectivity index (χ0v) is 10.3. The van der Waals surface area contributed by atoms with Gasteiger partial charge in [-0.05, 0) is 25.2 Å². The lowest BCUT2D eigenvalue weighted by Gasteiger charge is -2.40. The van der Waals surface area contributed by atoms with Crippen molar-refractivity contribution in [3.63, 3.8) is 0 Å². The Kier molecular flexibility index (Phi) is 4.78. The van der Waals surface area contributed by atoms with Crippen molar-refractivity contribution in [1.82, 2.24) is 0 Å². The van der Waals surface area contributed by atoms with Crippen LogP contribution >= 0.6 is 0 Å². The van der Waals surface area contributed by atoms with E-state index in [2.05, 4.69) is 5.92 Å². The highest BCUT2D eigenvalue weighted by molar-refractivity contribution is 7.85. The van der Waals surface area contributed by atoms with E-state index >= 15 is 0 Å². The van der Waals surface area contributed by atoms with Gasteiger partial charge in [-0.2, -0.15) is 0 Å². The molecule has 0 N–H and O–H groups in total. The molecule has 0 atom stereocenters. The van der Waals surface area contributed by atoms with Crippen LogP contribution in [0.15, 0.2) is 0 Å². The van der Waals surface area contributed by atoms with Crippen molar-refractivity contribution in [3.05, 3.63) is 0 Å². The fraction of sp³-hybridized carbons (Fsp3) is 0.818. The molecule has 5 heteroatoms. The number of piperidine rings is 1. The standard InChI is InChI=1S/C11H19NO3S/c1-2-7-12(8-4-3-5-9-12)10-6-11-16(13,14)15/h1H,3-11H2. The Hall–Kier alpha value is -0.570. The largest absolute Gasteiger partial charge is 0.748 e. The SMILES string of the molecule is C#CC[N+]1(CCCS(=O)(=O)[O-])CCCCC1. The summed E-state index contributed by atoms with van der Waals surface area (Å²) >= 11 is 0. The van der Waals surface area contributed by atoms with Gasteiger partial charge in [0.15, 0.2) is 0 Å². The van der Waals surface area contributed by atoms with Gasteiger partial charge < -0.3 is 9.04 Å². The first-order valence-electron chi connectivity index (χ1n) is 5.70. The van der Waals surface area contributed by atoms with E-state index in [4.69, 9.17) is 6.42 Å². The maximum atomic E-state index is 10.5. The number of hydrogen-bond donors (Lipinski definition) is 0. The Morgan fingerprint density at radius 2 is 1.88 bits per heavy atom. The second-order valence-electron chi connectivity index (χ2n) is 4.55. The Morgan fingerprint density at radius 1 is 1.25 bits per heavy atom. The van der Waals surface area contributed by atoms with Gasteiger partial charge >= 0.3 is 0 Å². The van der Waals surface area contributed by atoms with Crippen LogP contribution in [0.1, 0.15) is 25.7 Å². The quantitative estimate of drug-likeness (QED) is 0.404. The molecule has 0 aromatic rings. The number of rotatable bonds is 5. The third-order valence-electron chi connectivity index (χ3n) is 3.22. The van der Waals surface area contributed by atoms with Crippen LogP contribution in [0, 0.1) is 12.3 Å².